The first-order chi connectivity index (χ1) is 8.76. The Bertz CT molecular complexity index is 388. The van der Waals surface area contributed by atoms with Crippen LogP contribution in [0.5, 0.6) is 5.75 Å². The van der Waals surface area contributed by atoms with Gasteiger partial charge in [0, 0.05) is 16.5 Å². The van der Waals surface area contributed by atoms with Gasteiger partial charge in [0.05, 0.1) is 6.61 Å². The van der Waals surface area contributed by atoms with E-state index in [0.717, 1.165) is 10.8 Å². The van der Waals surface area contributed by atoms with Crippen LogP contribution >= 0.6 is 11.6 Å². The molecule has 0 heterocycles. The average Bonchev–Trinajstić information content (AvgIpc) is 2.87. The minimum absolute atomic E-state index is 0.382. The van der Waals surface area contributed by atoms with Gasteiger partial charge in [0.15, 0.2) is 0 Å². The third kappa shape index (κ3) is 2.99. The Morgan fingerprint density at radius 1 is 1.39 bits per heavy atom. The number of hydrogen-bond acceptors (Lipinski definition) is 2. The van der Waals surface area contributed by atoms with Gasteiger partial charge in [-0.3, -0.25) is 0 Å². The van der Waals surface area contributed by atoms with Crippen LogP contribution in [0.25, 0.3) is 0 Å². The Morgan fingerprint density at radius 3 is 2.72 bits per heavy atom. The highest BCUT2D eigenvalue weighted by Gasteiger charge is 2.27. The van der Waals surface area contributed by atoms with Crippen molar-refractivity contribution in [1.29, 1.82) is 0 Å². The van der Waals surface area contributed by atoms with Crippen LogP contribution in [0.1, 0.15) is 44.1 Å². The van der Waals surface area contributed by atoms with Gasteiger partial charge in [0.2, 0.25) is 0 Å². The molecule has 0 saturated heterocycles. The van der Waals surface area contributed by atoms with Crippen LogP contribution in [0, 0.1) is 5.92 Å². The van der Waals surface area contributed by atoms with Gasteiger partial charge in [-0.2, -0.15) is 0 Å². The normalized spacial score (nSPS) is 17.9. The van der Waals surface area contributed by atoms with E-state index >= 15 is 0 Å². The van der Waals surface area contributed by atoms with E-state index in [9.17, 15) is 0 Å². The summed E-state index contributed by atoms with van der Waals surface area (Å²) in [5.41, 5.74) is 7.19. The van der Waals surface area contributed by atoms with Crippen LogP contribution < -0.4 is 10.5 Å². The molecule has 0 aliphatic heterocycles. The van der Waals surface area contributed by atoms with Crippen LogP contribution in [0.4, 0.5) is 0 Å². The summed E-state index contributed by atoms with van der Waals surface area (Å²) in [6.45, 7) is 3.35. The smallest absolute Gasteiger partial charge is 0.122 e. The monoisotopic (exact) mass is 267 g/mol. The van der Waals surface area contributed by atoms with Crippen molar-refractivity contribution in [2.24, 2.45) is 11.7 Å². The van der Waals surface area contributed by atoms with E-state index in [2.05, 4.69) is 0 Å². The lowest BCUT2D eigenvalue weighted by atomic mass is 9.84. The van der Waals surface area contributed by atoms with Crippen molar-refractivity contribution in [2.75, 3.05) is 13.2 Å². The first-order valence-electron chi connectivity index (χ1n) is 6.88. The lowest BCUT2D eigenvalue weighted by molar-refractivity contribution is 0.327. The molecule has 2 nitrogen and oxygen atoms in total. The van der Waals surface area contributed by atoms with E-state index in [1.54, 1.807) is 0 Å². The summed E-state index contributed by atoms with van der Waals surface area (Å²) < 4.78 is 5.72. The summed E-state index contributed by atoms with van der Waals surface area (Å²) in [5.74, 6) is 2.02. The molecule has 1 fully saturated rings. The van der Waals surface area contributed by atoms with Gasteiger partial charge < -0.3 is 10.5 Å². The van der Waals surface area contributed by atoms with Crippen molar-refractivity contribution in [2.45, 2.75) is 38.5 Å². The van der Waals surface area contributed by atoms with Crippen LogP contribution in [-0.2, 0) is 0 Å². The maximum absolute atomic E-state index is 6.13. The molecule has 0 radical (unpaired) electrons. The molecule has 18 heavy (non-hydrogen) atoms. The number of rotatable bonds is 5. The van der Waals surface area contributed by atoms with Crippen molar-refractivity contribution in [1.82, 2.24) is 0 Å². The predicted molar refractivity (Wildman–Crippen MR) is 76.4 cm³/mol. The van der Waals surface area contributed by atoms with Gasteiger partial charge in [-0.1, -0.05) is 24.4 Å². The number of halogens is 1. The molecule has 1 saturated carbocycles. The van der Waals surface area contributed by atoms with Crippen molar-refractivity contribution in [3.05, 3.63) is 28.8 Å². The lowest BCUT2D eigenvalue weighted by Crippen LogP contribution is -2.20. The van der Waals surface area contributed by atoms with Crippen LogP contribution in [0.15, 0.2) is 18.2 Å². The molecule has 0 bridgehead atoms. The predicted octanol–water partition coefficient (Wildman–Crippen LogP) is 3.97. The first kappa shape index (κ1) is 13.7. The Hall–Kier alpha value is -0.730. The molecule has 2 rings (SSSR count). The number of hydrogen-bond donors (Lipinski definition) is 1. The molecular formula is C15H22ClNO. The zero-order valence-electron chi connectivity index (χ0n) is 11.0. The molecular weight excluding hydrogens is 246 g/mol. The molecule has 1 aliphatic carbocycles. The van der Waals surface area contributed by atoms with E-state index in [1.807, 2.05) is 25.1 Å². The van der Waals surface area contributed by atoms with E-state index in [1.165, 1.54) is 31.2 Å². The van der Waals surface area contributed by atoms with E-state index in [4.69, 9.17) is 22.1 Å². The molecule has 1 aliphatic rings. The van der Waals surface area contributed by atoms with Crippen molar-refractivity contribution >= 4 is 11.6 Å². The summed E-state index contributed by atoms with van der Waals surface area (Å²) in [5, 5.41) is 0.768. The minimum atomic E-state index is 0.382. The van der Waals surface area contributed by atoms with E-state index < -0.39 is 0 Å². The summed E-state index contributed by atoms with van der Waals surface area (Å²) in [4.78, 5) is 0. The standard InChI is InChI=1S/C15H22ClNO/c1-2-18-15-8-7-12(16)9-13(15)14(10-17)11-5-3-4-6-11/h7-9,11,14H,2-6,10,17H2,1H3. The molecule has 0 aromatic heterocycles. The Morgan fingerprint density at radius 2 is 2.11 bits per heavy atom. The summed E-state index contributed by atoms with van der Waals surface area (Å²) in [7, 11) is 0. The van der Waals surface area contributed by atoms with Gasteiger partial charge in [0.1, 0.15) is 5.75 Å². The van der Waals surface area contributed by atoms with Gasteiger partial charge in [-0.15, -0.1) is 0 Å². The van der Waals surface area contributed by atoms with Crippen molar-refractivity contribution in [3.63, 3.8) is 0 Å². The zero-order valence-corrected chi connectivity index (χ0v) is 11.7. The molecule has 1 aromatic rings. The first-order valence-corrected chi connectivity index (χ1v) is 7.26. The molecule has 3 heteroatoms. The third-order valence-corrected chi connectivity index (χ3v) is 4.13. The van der Waals surface area contributed by atoms with Gasteiger partial charge >= 0.3 is 0 Å². The van der Waals surface area contributed by atoms with Crippen molar-refractivity contribution < 1.29 is 4.74 Å². The molecule has 1 aromatic carbocycles. The molecule has 0 spiro atoms. The minimum Gasteiger partial charge on any atom is -0.494 e. The van der Waals surface area contributed by atoms with Crippen LogP contribution in [0.2, 0.25) is 5.02 Å². The topological polar surface area (TPSA) is 35.2 Å². The van der Waals surface area contributed by atoms with Gasteiger partial charge in [0.25, 0.3) is 0 Å². The van der Waals surface area contributed by atoms with Gasteiger partial charge in [-0.05, 0) is 50.4 Å². The highest BCUT2D eigenvalue weighted by Crippen LogP contribution is 2.40. The Balaban J connectivity index is 2.29. The van der Waals surface area contributed by atoms with E-state index in [0.29, 0.717) is 25.0 Å². The maximum Gasteiger partial charge on any atom is 0.122 e. The average molecular weight is 268 g/mol. The number of nitrogens with two attached hydrogens (primary N) is 1. The largest absolute Gasteiger partial charge is 0.494 e. The van der Waals surface area contributed by atoms with Crippen molar-refractivity contribution in [3.8, 4) is 5.75 Å². The van der Waals surface area contributed by atoms with Crippen LogP contribution in [-0.4, -0.2) is 13.2 Å². The second-order valence-electron chi connectivity index (χ2n) is 5.00. The number of ether oxygens (including phenoxy) is 1. The fourth-order valence-electron chi connectivity index (χ4n) is 3.03. The fraction of sp³-hybridized carbons (Fsp3) is 0.600. The van der Waals surface area contributed by atoms with Gasteiger partial charge in [-0.25, -0.2) is 0 Å². The SMILES string of the molecule is CCOc1ccc(Cl)cc1C(CN)C1CCCC1. The number of benzene rings is 1. The molecule has 100 valence electrons. The second kappa shape index (κ2) is 6.44. The van der Waals surface area contributed by atoms with Crippen LogP contribution in [0.3, 0.4) is 0 Å². The molecule has 1 unspecified atom stereocenters. The summed E-state index contributed by atoms with van der Waals surface area (Å²) >= 11 is 6.13. The maximum atomic E-state index is 6.13. The second-order valence-corrected chi connectivity index (χ2v) is 5.44. The molecule has 0 amide bonds. The summed E-state index contributed by atoms with van der Waals surface area (Å²) in [6, 6.07) is 5.89. The Labute approximate surface area is 114 Å². The quantitative estimate of drug-likeness (QED) is 0.876. The summed E-state index contributed by atoms with van der Waals surface area (Å²) in [6.07, 6.45) is 5.21. The highest BCUT2D eigenvalue weighted by molar-refractivity contribution is 6.30. The Kier molecular flexibility index (Phi) is 4.90. The lowest BCUT2D eigenvalue weighted by Gasteiger charge is -2.24. The highest BCUT2D eigenvalue weighted by atomic mass is 35.5. The molecule has 2 N–H and O–H groups in total. The third-order valence-electron chi connectivity index (χ3n) is 3.89. The zero-order chi connectivity index (χ0) is 13.0. The molecule has 1 atom stereocenters. The van der Waals surface area contributed by atoms with E-state index in [-0.39, 0.29) is 0 Å². The fourth-order valence-corrected chi connectivity index (χ4v) is 3.21.